The van der Waals surface area contributed by atoms with E-state index in [2.05, 4.69) is 15.4 Å². The molecule has 8 heteroatoms. The van der Waals surface area contributed by atoms with Crippen LogP contribution >= 0.6 is 11.8 Å². The molecular formula is C25H27N5O2S. The van der Waals surface area contributed by atoms with Crippen molar-refractivity contribution in [1.82, 2.24) is 19.3 Å². The molecule has 0 saturated carbocycles. The lowest BCUT2D eigenvalue weighted by atomic mass is 10.2. The van der Waals surface area contributed by atoms with E-state index in [1.807, 2.05) is 75.6 Å². The lowest BCUT2D eigenvalue weighted by Gasteiger charge is -2.11. The van der Waals surface area contributed by atoms with Crippen molar-refractivity contribution in [3.8, 4) is 5.69 Å². The van der Waals surface area contributed by atoms with Crippen molar-refractivity contribution >= 4 is 34.5 Å². The van der Waals surface area contributed by atoms with E-state index < -0.39 is 0 Å². The molecule has 170 valence electrons. The zero-order chi connectivity index (χ0) is 23.5. The zero-order valence-electron chi connectivity index (χ0n) is 19.3. The van der Waals surface area contributed by atoms with Gasteiger partial charge in [-0.15, -0.1) is 11.8 Å². The molecule has 0 bridgehead atoms. The number of hydrogen-bond donors (Lipinski definition) is 1. The Bertz CT molecular complexity index is 1370. The first kappa shape index (κ1) is 22.8. The summed E-state index contributed by atoms with van der Waals surface area (Å²) < 4.78 is 3.47. The molecule has 0 aliphatic carbocycles. The van der Waals surface area contributed by atoms with Crippen molar-refractivity contribution < 1.29 is 4.79 Å². The maximum atomic E-state index is 13.2. The summed E-state index contributed by atoms with van der Waals surface area (Å²) in [6.45, 7) is 6.33. The zero-order valence-corrected chi connectivity index (χ0v) is 20.1. The fourth-order valence-corrected chi connectivity index (χ4v) is 4.25. The normalized spacial score (nSPS) is 11.2. The van der Waals surface area contributed by atoms with E-state index in [4.69, 9.17) is 0 Å². The van der Waals surface area contributed by atoms with Crippen molar-refractivity contribution in [1.29, 1.82) is 0 Å². The minimum atomic E-state index is -0.185. The number of aryl methyl sites for hydroxylation is 4. The van der Waals surface area contributed by atoms with Crippen molar-refractivity contribution in [2.24, 2.45) is 0 Å². The Morgan fingerprint density at radius 2 is 1.88 bits per heavy atom. The number of rotatable bonds is 7. The highest BCUT2D eigenvalue weighted by atomic mass is 32.2. The molecule has 0 atom stereocenters. The highest BCUT2D eigenvalue weighted by Gasteiger charge is 2.19. The minimum absolute atomic E-state index is 0.148. The first-order valence-electron chi connectivity index (χ1n) is 10.9. The number of amides is 1. The number of fused-ring (bicyclic) bond motifs is 1. The second kappa shape index (κ2) is 9.62. The largest absolute Gasteiger partial charge is 0.326 e. The Morgan fingerprint density at radius 3 is 2.58 bits per heavy atom. The molecule has 2 heterocycles. The first-order chi connectivity index (χ1) is 15.9. The topological polar surface area (TPSA) is 81.8 Å². The molecule has 1 amide bonds. The van der Waals surface area contributed by atoms with E-state index in [1.54, 1.807) is 21.0 Å². The van der Waals surface area contributed by atoms with Crippen LogP contribution in [0, 0.1) is 13.8 Å². The van der Waals surface area contributed by atoms with Crippen LogP contribution in [0.2, 0.25) is 0 Å². The van der Waals surface area contributed by atoms with Gasteiger partial charge in [-0.2, -0.15) is 5.10 Å². The molecule has 0 unspecified atom stereocenters. The van der Waals surface area contributed by atoms with Crippen LogP contribution in [0.5, 0.6) is 0 Å². The van der Waals surface area contributed by atoms with Gasteiger partial charge in [0.25, 0.3) is 5.56 Å². The third-order valence-electron chi connectivity index (χ3n) is 5.54. The number of nitrogens with zero attached hydrogens (tertiary/aromatic N) is 4. The second-order valence-electron chi connectivity index (χ2n) is 7.89. The monoisotopic (exact) mass is 461 g/mol. The number of nitrogens with one attached hydrogen (secondary N) is 1. The quantitative estimate of drug-likeness (QED) is 0.410. The molecule has 7 nitrogen and oxygen atoms in total. The molecule has 0 saturated heterocycles. The third kappa shape index (κ3) is 4.71. The summed E-state index contributed by atoms with van der Waals surface area (Å²) in [6.07, 6.45) is 2.43. The predicted molar refractivity (Wildman–Crippen MR) is 133 cm³/mol. The fraction of sp³-hybridized carbons (Fsp3) is 0.280. The second-order valence-corrected chi connectivity index (χ2v) is 8.77. The molecule has 1 N–H and O–H groups in total. The standard InChI is InChI=1S/C25H27N5O2S/c1-5-29-24-23(17(3)28-30(24)19-11-9-16(2)10-12-19)27-21(25(29)32)13-14-22(31)26-18-7-6-8-20(15-18)33-4/h6-12,15H,5,13-14H2,1-4H3,(H,26,31). The number of thioether (sulfide) groups is 1. The molecule has 4 aromatic rings. The number of carbonyl (C=O) groups is 1. The van der Waals surface area contributed by atoms with Gasteiger partial charge in [-0.05, 0) is 57.4 Å². The highest BCUT2D eigenvalue weighted by Crippen LogP contribution is 2.21. The van der Waals surface area contributed by atoms with Crippen LogP contribution in [0.3, 0.4) is 0 Å². The molecule has 0 aliphatic rings. The highest BCUT2D eigenvalue weighted by molar-refractivity contribution is 7.98. The van der Waals surface area contributed by atoms with Crippen LogP contribution in [0.15, 0.2) is 58.2 Å². The van der Waals surface area contributed by atoms with E-state index in [1.165, 1.54) is 0 Å². The summed E-state index contributed by atoms with van der Waals surface area (Å²) in [5.74, 6) is -0.148. The minimum Gasteiger partial charge on any atom is -0.326 e. The van der Waals surface area contributed by atoms with Crippen LogP contribution in [-0.2, 0) is 17.8 Å². The van der Waals surface area contributed by atoms with Crippen LogP contribution < -0.4 is 10.9 Å². The lowest BCUT2D eigenvalue weighted by molar-refractivity contribution is -0.116. The van der Waals surface area contributed by atoms with Gasteiger partial charge >= 0.3 is 0 Å². The maximum absolute atomic E-state index is 13.2. The Labute approximate surface area is 196 Å². The Balaban J connectivity index is 1.63. The Kier molecular flexibility index (Phi) is 6.65. The smallest absolute Gasteiger partial charge is 0.273 e. The molecule has 0 aliphatic heterocycles. The van der Waals surface area contributed by atoms with Gasteiger partial charge in [0.2, 0.25) is 5.91 Å². The van der Waals surface area contributed by atoms with Gasteiger partial charge in [-0.3, -0.25) is 14.2 Å². The number of aromatic nitrogens is 4. The van der Waals surface area contributed by atoms with E-state index in [0.29, 0.717) is 23.4 Å². The predicted octanol–water partition coefficient (Wildman–Crippen LogP) is 4.51. The van der Waals surface area contributed by atoms with Crippen molar-refractivity contribution in [3.05, 3.63) is 75.8 Å². The summed E-state index contributed by atoms with van der Waals surface area (Å²) in [4.78, 5) is 31.5. The fourth-order valence-electron chi connectivity index (χ4n) is 3.79. The lowest BCUT2D eigenvalue weighted by Crippen LogP contribution is -2.27. The number of hydrogen-bond acceptors (Lipinski definition) is 5. The van der Waals surface area contributed by atoms with Crippen LogP contribution in [0.25, 0.3) is 16.9 Å². The van der Waals surface area contributed by atoms with E-state index in [9.17, 15) is 9.59 Å². The van der Waals surface area contributed by atoms with Gasteiger partial charge in [0.15, 0.2) is 5.65 Å². The van der Waals surface area contributed by atoms with Gasteiger partial charge in [0, 0.05) is 30.0 Å². The van der Waals surface area contributed by atoms with Gasteiger partial charge in [0.05, 0.1) is 11.4 Å². The summed E-state index contributed by atoms with van der Waals surface area (Å²) in [6, 6.07) is 15.7. The molecule has 0 radical (unpaired) electrons. The molecule has 0 fully saturated rings. The Morgan fingerprint density at radius 1 is 1.12 bits per heavy atom. The molecular weight excluding hydrogens is 434 g/mol. The summed E-state index contributed by atoms with van der Waals surface area (Å²) in [7, 11) is 0. The van der Waals surface area contributed by atoms with E-state index >= 15 is 0 Å². The summed E-state index contributed by atoms with van der Waals surface area (Å²) >= 11 is 1.62. The van der Waals surface area contributed by atoms with Gasteiger partial charge in [-0.25, -0.2) is 9.67 Å². The van der Waals surface area contributed by atoms with Gasteiger partial charge < -0.3 is 5.32 Å². The molecule has 2 aromatic heterocycles. The van der Waals surface area contributed by atoms with Crippen molar-refractivity contribution in [2.45, 2.75) is 45.1 Å². The summed E-state index contributed by atoms with van der Waals surface area (Å²) in [5.41, 5.74) is 5.06. The first-order valence-corrected chi connectivity index (χ1v) is 12.1. The van der Waals surface area contributed by atoms with Gasteiger partial charge in [-0.1, -0.05) is 23.8 Å². The average Bonchev–Trinajstić information content (AvgIpc) is 3.14. The number of benzene rings is 2. The Hall–Kier alpha value is -3.39. The number of anilines is 1. The summed E-state index contributed by atoms with van der Waals surface area (Å²) in [5, 5.41) is 7.57. The van der Waals surface area contributed by atoms with E-state index in [-0.39, 0.29) is 24.3 Å². The van der Waals surface area contributed by atoms with Crippen LogP contribution in [0.1, 0.15) is 30.3 Å². The van der Waals surface area contributed by atoms with Crippen LogP contribution in [-0.4, -0.2) is 31.5 Å². The van der Waals surface area contributed by atoms with E-state index in [0.717, 1.165) is 27.5 Å². The van der Waals surface area contributed by atoms with Crippen molar-refractivity contribution in [3.63, 3.8) is 0 Å². The average molecular weight is 462 g/mol. The van der Waals surface area contributed by atoms with Crippen LogP contribution in [0.4, 0.5) is 5.69 Å². The molecule has 2 aromatic carbocycles. The molecule has 33 heavy (non-hydrogen) atoms. The van der Waals surface area contributed by atoms with Gasteiger partial charge in [0.1, 0.15) is 11.2 Å². The third-order valence-corrected chi connectivity index (χ3v) is 6.26. The molecule has 0 spiro atoms. The maximum Gasteiger partial charge on any atom is 0.273 e. The number of carbonyl (C=O) groups excluding carboxylic acids is 1. The SMILES string of the molecule is CCn1c(=O)c(CCC(=O)Nc2cccc(SC)c2)nc2c(C)nn(-c3ccc(C)cc3)c21. The van der Waals surface area contributed by atoms with Crippen molar-refractivity contribution in [2.75, 3.05) is 11.6 Å². The molecule has 4 rings (SSSR count).